The van der Waals surface area contributed by atoms with Crippen molar-refractivity contribution in [1.29, 1.82) is 0 Å². The number of aromatic nitrogens is 1. The van der Waals surface area contributed by atoms with Crippen molar-refractivity contribution in [3.05, 3.63) is 32.7 Å². The fourth-order valence-electron chi connectivity index (χ4n) is 1.45. The smallest absolute Gasteiger partial charge is 0.408 e. The fourth-order valence-corrected chi connectivity index (χ4v) is 2.01. The van der Waals surface area contributed by atoms with Gasteiger partial charge in [-0.25, -0.2) is 4.79 Å². The number of H-pyrrole nitrogens is 1. The summed E-state index contributed by atoms with van der Waals surface area (Å²) in [6.45, 7) is 2.59. The number of hydrogen-bond acceptors (Lipinski definition) is 3. The SMILES string of the molecule is CC(CN)c1cc(Br)c2[nH]c(=O)oc2c1. The number of rotatable bonds is 2. The predicted molar refractivity (Wildman–Crippen MR) is 62.0 cm³/mol. The van der Waals surface area contributed by atoms with Gasteiger partial charge in [0.05, 0.1) is 0 Å². The second kappa shape index (κ2) is 3.83. The molecule has 15 heavy (non-hydrogen) atoms. The van der Waals surface area contributed by atoms with Crippen LogP contribution < -0.4 is 11.5 Å². The lowest BCUT2D eigenvalue weighted by Crippen LogP contribution is -2.08. The third-order valence-corrected chi connectivity index (χ3v) is 3.05. The van der Waals surface area contributed by atoms with Crippen molar-refractivity contribution in [3.63, 3.8) is 0 Å². The molecule has 0 radical (unpaired) electrons. The summed E-state index contributed by atoms with van der Waals surface area (Å²) >= 11 is 3.39. The molecular weight excluding hydrogens is 260 g/mol. The molecule has 1 unspecified atom stereocenters. The van der Waals surface area contributed by atoms with E-state index >= 15 is 0 Å². The number of nitrogens with two attached hydrogens (primary N) is 1. The zero-order valence-corrected chi connectivity index (χ0v) is 9.80. The first-order valence-electron chi connectivity index (χ1n) is 4.64. The molecule has 2 rings (SSSR count). The average molecular weight is 271 g/mol. The Hall–Kier alpha value is -1.07. The zero-order chi connectivity index (χ0) is 11.0. The van der Waals surface area contributed by atoms with Crippen molar-refractivity contribution in [3.8, 4) is 0 Å². The highest BCUT2D eigenvalue weighted by Gasteiger charge is 2.10. The van der Waals surface area contributed by atoms with Crippen LogP contribution in [0.25, 0.3) is 11.1 Å². The summed E-state index contributed by atoms with van der Waals surface area (Å²) in [5.41, 5.74) is 7.89. The third-order valence-electron chi connectivity index (χ3n) is 2.43. The summed E-state index contributed by atoms with van der Waals surface area (Å²) in [6.07, 6.45) is 0. The van der Waals surface area contributed by atoms with E-state index in [1.165, 1.54) is 0 Å². The van der Waals surface area contributed by atoms with E-state index in [9.17, 15) is 4.79 Å². The van der Waals surface area contributed by atoms with E-state index in [1.807, 2.05) is 19.1 Å². The van der Waals surface area contributed by atoms with Gasteiger partial charge in [-0.1, -0.05) is 6.92 Å². The normalized spacial score (nSPS) is 13.3. The monoisotopic (exact) mass is 270 g/mol. The Morgan fingerprint density at radius 3 is 3.00 bits per heavy atom. The first-order valence-corrected chi connectivity index (χ1v) is 5.43. The molecule has 0 saturated heterocycles. The van der Waals surface area contributed by atoms with Crippen LogP contribution in [0.3, 0.4) is 0 Å². The maximum atomic E-state index is 11.0. The van der Waals surface area contributed by atoms with Crippen LogP contribution in [0.2, 0.25) is 0 Å². The number of benzene rings is 1. The Bertz CT molecular complexity index is 544. The van der Waals surface area contributed by atoms with Crippen LogP contribution in [0.15, 0.2) is 25.8 Å². The van der Waals surface area contributed by atoms with E-state index in [0.29, 0.717) is 17.6 Å². The molecule has 1 aromatic heterocycles. The lowest BCUT2D eigenvalue weighted by Gasteiger charge is -2.08. The van der Waals surface area contributed by atoms with Crippen molar-refractivity contribution in [2.45, 2.75) is 12.8 Å². The van der Waals surface area contributed by atoms with Crippen LogP contribution in [0.4, 0.5) is 0 Å². The minimum Gasteiger partial charge on any atom is -0.408 e. The van der Waals surface area contributed by atoms with E-state index in [2.05, 4.69) is 20.9 Å². The minimum atomic E-state index is -0.441. The lowest BCUT2D eigenvalue weighted by molar-refractivity contribution is 0.554. The van der Waals surface area contributed by atoms with Crippen LogP contribution >= 0.6 is 15.9 Å². The van der Waals surface area contributed by atoms with Gasteiger partial charge in [0, 0.05) is 4.47 Å². The van der Waals surface area contributed by atoms with Crippen molar-refractivity contribution in [2.24, 2.45) is 5.73 Å². The van der Waals surface area contributed by atoms with Gasteiger partial charge in [0.1, 0.15) is 5.52 Å². The number of oxazole rings is 1. The number of fused-ring (bicyclic) bond motifs is 1. The van der Waals surface area contributed by atoms with Crippen LogP contribution in [-0.4, -0.2) is 11.5 Å². The van der Waals surface area contributed by atoms with Gasteiger partial charge in [-0.05, 0) is 46.1 Å². The summed E-state index contributed by atoms with van der Waals surface area (Å²) in [6, 6.07) is 3.79. The van der Waals surface area contributed by atoms with Gasteiger partial charge in [-0.2, -0.15) is 0 Å². The van der Waals surface area contributed by atoms with Gasteiger partial charge in [-0.3, -0.25) is 4.98 Å². The lowest BCUT2D eigenvalue weighted by atomic mass is 10.0. The summed E-state index contributed by atoms with van der Waals surface area (Å²) in [5, 5.41) is 0. The molecule has 1 atom stereocenters. The molecule has 0 saturated carbocycles. The molecule has 80 valence electrons. The minimum absolute atomic E-state index is 0.242. The van der Waals surface area contributed by atoms with Gasteiger partial charge in [0.25, 0.3) is 0 Å². The molecule has 0 spiro atoms. The van der Waals surface area contributed by atoms with E-state index < -0.39 is 5.76 Å². The van der Waals surface area contributed by atoms with Gasteiger partial charge in [0.2, 0.25) is 0 Å². The van der Waals surface area contributed by atoms with E-state index in [4.69, 9.17) is 10.2 Å². The predicted octanol–water partition coefficient (Wildman–Crippen LogP) is 1.95. The summed E-state index contributed by atoms with van der Waals surface area (Å²) in [5.74, 6) is -0.200. The molecule has 1 aromatic carbocycles. The van der Waals surface area contributed by atoms with Crippen molar-refractivity contribution < 1.29 is 4.42 Å². The Balaban J connectivity index is 2.66. The molecule has 0 bridgehead atoms. The standard InChI is InChI=1S/C10H11BrN2O2/c1-5(4-12)6-2-7(11)9-8(3-6)15-10(14)13-9/h2-3,5H,4,12H2,1H3,(H,13,14). The summed E-state index contributed by atoms with van der Waals surface area (Å²) in [4.78, 5) is 13.6. The molecule has 5 heteroatoms. The second-order valence-corrected chi connectivity index (χ2v) is 4.38. The Morgan fingerprint density at radius 1 is 1.60 bits per heavy atom. The molecule has 4 nitrogen and oxygen atoms in total. The number of halogens is 1. The Kier molecular flexibility index (Phi) is 2.67. The molecule has 3 N–H and O–H groups in total. The van der Waals surface area contributed by atoms with Gasteiger partial charge >= 0.3 is 5.76 Å². The van der Waals surface area contributed by atoms with Gasteiger partial charge < -0.3 is 10.2 Å². The van der Waals surface area contributed by atoms with Gasteiger partial charge in [-0.15, -0.1) is 0 Å². The highest BCUT2D eigenvalue weighted by Crippen LogP contribution is 2.26. The average Bonchev–Trinajstić information content (AvgIpc) is 2.58. The fraction of sp³-hybridized carbons (Fsp3) is 0.300. The van der Waals surface area contributed by atoms with Crippen LogP contribution in [-0.2, 0) is 0 Å². The molecule has 1 heterocycles. The van der Waals surface area contributed by atoms with E-state index in [1.54, 1.807) is 0 Å². The first kappa shape index (κ1) is 10.4. The number of aromatic amines is 1. The van der Waals surface area contributed by atoms with Crippen molar-refractivity contribution >= 4 is 27.0 Å². The van der Waals surface area contributed by atoms with Crippen molar-refractivity contribution in [2.75, 3.05) is 6.54 Å². The number of nitrogens with one attached hydrogen (secondary N) is 1. The van der Waals surface area contributed by atoms with Crippen LogP contribution in [0.1, 0.15) is 18.4 Å². The van der Waals surface area contributed by atoms with E-state index in [-0.39, 0.29) is 5.92 Å². The molecular formula is C10H11BrN2O2. The third kappa shape index (κ3) is 1.85. The molecule has 0 aliphatic carbocycles. The Morgan fingerprint density at radius 2 is 2.33 bits per heavy atom. The quantitative estimate of drug-likeness (QED) is 0.876. The van der Waals surface area contributed by atoms with Crippen LogP contribution in [0, 0.1) is 0 Å². The largest absolute Gasteiger partial charge is 0.417 e. The molecule has 0 fully saturated rings. The maximum absolute atomic E-state index is 11.0. The van der Waals surface area contributed by atoms with Crippen molar-refractivity contribution in [1.82, 2.24) is 4.98 Å². The summed E-state index contributed by atoms with van der Waals surface area (Å²) in [7, 11) is 0. The Labute approximate surface area is 94.6 Å². The molecule has 0 aliphatic rings. The summed E-state index contributed by atoms with van der Waals surface area (Å²) < 4.78 is 5.82. The topological polar surface area (TPSA) is 72.0 Å². The number of hydrogen-bond donors (Lipinski definition) is 2. The van der Waals surface area contributed by atoms with E-state index in [0.717, 1.165) is 10.0 Å². The highest BCUT2D eigenvalue weighted by atomic mass is 79.9. The molecule has 0 aliphatic heterocycles. The molecule has 0 amide bonds. The van der Waals surface area contributed by atoms with Crippen LogP contribution in [0.5, 0.6) is 0 Å². The first-order chi connectivity index (χ1) is 7.11. The zero-order valence-electron chi connectivity index (χ0n) is 8.21. The van der Waals surface area contributed by atoms with Gasteiger partial charge in [0.15, 0.2) is 5.58 Å². The maximum Gasteiger partial charge on any atom is 0.417 e. The highest BCUT2D eigenvalue weighted by molar-refractivity contribution is 9.10. The molecule has 2 aromatic rings. The second-order valence-electron chi connectivity index (χ2n) is 3.53.